The Morgan fingerprint density at radius 1 is 0.885 bits per heavy atom. The molecule has 6 nitrogen and oxygen atoms in total. The van der Waals surface area contributed by atoms with Gasteiger partial charge in [0.1, 0.15) is 12.4 Å². The maximum atomic E-state index is 12.1. The first-order chi connectivity index (χ1) is 12.7. The van der Waals surface area contributed by atoms with E-state index in [-0.39, 0.29) is 6.61 Å². The topological polar surface area (TPSA) is 76.7 Å². The van der Waals surface area contributed by atoms with Gasteiger partial charge in [-0.05, 0) is 34.5 Å². The highest BCUT2D eigenvalue weighted by molar-refractivity contribution is 5.97. The molecule has 3 aromatic rings. The zero-order valence-electron chi connectivity index (χ0n) is 14.2. The number of carbonyl (C=O) groups excluding carboxylic acids is 2. The number of hydrogen-bond donors (Lipinski definition) is 2. The zero-order chi connectivity index (χ0) is 18.4. The molecule has 0 aliphatic carbocycles. The van der Waals surface area contributed by atoms with Gasteiger partial charge in [-0.3, -0.25) is 10.2 Å². The van der Waals surface area contributed by atoms with Crippen LogP contribution in [0.2, 0.25) is 0 Å². The molecule has 26 heavy (non-hydrogen) atoms. The molecule has 0 bridgehead atoms. The van der Waals surface area contributed by atoms with Crippen LogP contribution >= 0.6 is 0 Å². The first-order valence-corrected chi connectivity index (χ1v) is 8.01. The van der Waals surface area contributed by atoms with Gasteiger partial charge in [0.05, 0.1) is 12.7 Å². The molecule has 3 aromatic carbocycles. The molecule has 6 heteroatoms. The lowest BCUT2D eigenvalue weighted by molar-refractivity contribution is 0.0902. The van der Waals surface area contributed by atoms with E-state index in [2.05, 4.69) is 10.9 Å². The summed E-state index contributed by atoms with van der Waals surface area (Å²) < 4.78 is 10.2. The molecule has 0 aliphatic heterocycles. The summed E-state index contributed by atoms with van der Waals surface area (Å²) in [5.41, 5.74) is 5.69. The average Bonchev–Trinajstić information content (AvgIpc) is 2.70. The van der Waals surface area contributed by atoms with Crippen LogP contribution in [0.25, 0.3) is 10.8 Å². The summed E-state index contributed by atoms with van der Waals surface area (Å²) in [5.74, 6) is -0.0820. The minimum atomic E-state index is -0.749. The fraction of sp³-hybridized carbons (Fsp3) is 0.100. The Bertz CT molecular complexity index is 940. The first-order valence-electron chi connectivity index (χ1n) is 8.01. The number of para-hydroxylation sites is 1. The second-order valence-corrected chi connectivity index (χ2v) is 5.54. The summed E-state index contributed by atoms with van der Waals surface area (Å²) >= 11 is 0. The van der Waals surface area contributed by atoms with Crippen LogP contribution in [-0.2, 0) is 11.3 Å². The highest BCUT2D eigenvalue weighted by Crippen LogP contribution is 2.17. The lowest BCUT2D eigenvalue weighted by Gasteiger charge is -2.11. The summed E-state index contributed by atoms with van der Waals surface area (Å²) in [6.45, 7) is 0.0984. The van der Waals surface area contributed by atoms with Crippen LogP contribution in [0.5, 0.6) is 5.75 Å². The predicted octanol–water partition coefficient (Wildman–Crippen LogP) is 3.42. The van der Waals surface area contributed by atoms with Crippen molar-refractivity contribution in [2.45, 2.75) is 6.61 Å². The van der Waals surface area contributed by atoms with Gasteiger partial charge in [-0.2, -0.15) is 0 Å². The van der Waals surface area contributed by atoms with E-state index >= 15 is 0 Å². The van der Waals surface area contributed by atoms with E-state index in [1.54, 1.807) is 24.3 Å². The van der Waals surface area contributed by atoms with Gasteiger partial charge in [-0.15, -0.1) is 0 Å². The molecule has 0 aromatic heterocycles. The van der Waals surface area contributed by atoms with Gasteiger partial charge in [0, 0.05) is 0 Å². The van der Waals surface area contributed by atoms with Crippen molar-refractivity contribution < 1.29 is 19.1 Å². The van der Waals surface area contributed by atoms with Gasteiger partial charge in [0.25, 0.3) is 5.91 Å². The fourth-order valence-electron chi connectivity index (χ4n) is 2.52. The molecule has 0 unspecified atom stereocenters. The van der Waals surface area contributed by atoms with Crippen molar-refractivity contribution in [3.05, 3.63) is 77.9 Å². The number of rotatable bonds is 4. The molecule has 0 heterocycles. The van der Waals surface area contributed by atoms with E-state index in [0.717, 1.165) is 16.3 Å². The number of nitrogens with one attached hydrogen (secondary N) is 2. The second-order valence-electron chi connectivity index (χ2n) is 5.54. The summed E-state index contributed by atoms with van der Waals surface area (Å²) in [6, 6.07) is 20.4. The van der Waals surface area contributed by atoms with Gasteiger partial charge in [-0.25, -0.2) is 10.2 Å². The Balaban J connectivity index is 1.53. The van der Waals surface area contributed by atoms with Crippen LogP contribution in [0.4, 0.5) is 4.79 Å². The maximum Gasteiger partial charge on any atom is 0.426 e. The number of methoxy groups -OCH3 is 1. The van der Waals surface area contributed by atoms with E-state index in [1.165, 1.54) is 7.11 Å². The van der Waals surface area contributed by atoms with E-state index in [9.17, 15) is 9.59 Å². The number of fused-ring (bicyclic) bond motifs is 1. The van der Waals surface area contributed by atoms with Crippen molar-refractivity contribution >= 4 is 22.8 Å². The van der Waals surface area contributed by atoms with Crippen molar-refractivity contribution in [2.75, 3.05) is 7.11 Å². The van der Waals surface area contributed by atoms with Crippen LogP contribution in [-0.4, -0.2) is 19.1 Å². The number of benzene rings is 3. The summed E-state index contributed by atoms with van der Waals surface area (Å²) in [5, 5.41) is 2.18. The molecule has 0 spiro atoms. The third-order valence-electron chi connectivity index (χ3n) is 3.81. The highest BCUT2D eigenvalue weighted by atomic mass is 16.6. The first kappa shape index (κ1) is 17.3. The number of hydrogen-bond acceptors (Lipinski definition) is 4. The van der Waals surface area contributed by atoms with Gasteiger partial charge in [0.15, 0.2) is 0 Å². The van der Waals surface area contributed by atoms with E-state index in [1.807, 2.05) is 42.5 Å². The van der Waals surface area contributed by atoms with Crippen LogP contribution in [0.3, 0.4) is 0 Å². The lowest BCUT2D eigenvalue weighted by atomic mass is 10.1. The highest BCUT2D eigenvalue weighted by Gasteiger charge is 2.12. The normalized spacial score (nSPS) is 10.2. The quantitative estimate of drug-likeness (QED) is 0.707. The molecule has 0 saturated heterocycles. The van der Waals surface area contributed by atoms with Crippen LogP contribution in [0, 0.1) is 0 Å². The van der Waals surface area contributed by atoms with Gasteiger partial charge in [0.2, 0.25) is 0 Å². The van der Waals surface area contributed by atoms with Gasteiger partial charge >= 0.3 is 6.09 Å². The minimum Gasteiger partial charge on any atom is -0.496 e. The second kappa shape index (κ2) is 8.02. The van der Waals surface area contributed by atoms with Crippen molar-refractivity contribution in [3.63, 3.8) is 0 Å². The molecule has 3 rings (SSSR count). The van der Waals surface area contributed by atoms with Gasteiger partial charge in [-0.1, -0.05) is 48.5 Å². The SMILES string of the molecule is COc1ccccc1C(=O)NNC(=O)OCc1ccc2ccccc2c1. The molecular weight excluding hydrogens is 332 g/mol. The Kier molecular flexibility index (Phi) is 5.34. The van der Waals surface area contributed by atoms with Crippen molar-refractivity contribution in [3.8, 4) is 5.75 Å². The largest absolute Gasteiger partial charge is 0.496 e. The molecule has 0 radical (unpaired) electrons. The molecule has 0 saturated carbocycles. The number of ether oxygens (including phenoxy) is 2. The van der Waals surface area contributed by atoms with Crippen LogP contribution in [0.1, 0.15) is 15.9 Å². The van der Waals surface area contributed by atoms with Crippen molar-refractivity contribution in [1.82, 2.24) is 10.9 Å². The summed E-state index contributed by atoms with van der Waals surface area (Å²) in [4.78, 5) is 23.9. The van der Waals surface area contributed by atoms with E-state index < -0.39 is 12.0 Å². The number of carbonyl (C=O) groups is 2. The van der Waals surface area contributed by atoms with E-state index in [0.29, 0.717) is 11.3 Å². The third-order valence-corrected chi connectivity index (χ3v) is 3.81. The minimum absolute atomic E-state index is 0.0984. The molecule has 2 N–H and O–H groups in total. The third kappa shape index (κ3) is 4.10. The van der Waals surface area contributed by atoms with Crippen molar-refractivity contribution in [1.29, 1.82) is 0 Å². The van der Waals surface area contributed by atoms with Crippen LogP contribution < -0.4 is 15.6 Å². The smallest absolute Gasteiger partial charge is 0.426 e. The molecule has 132 valence electrons. The molecule has 0 aliphatic rings. The van der Waals surface area contributed by atoms with Crippen molar-refractivity contribution in [2.24, 2.45) is 0 Å². The fourth-order valence-corrected chi connectivity index (χ4v) is 2.52. The Morgan fingerprint density at radius 2 is 1.62 bits per heavy atom. The Labute approximate surface area is 150 Å². The Hall–Kier alpha value is -3.54. The molecule has 0 fully saturated rings. The summed E-state index contributed by atoms with van der Waals surface area (Å²) in [6.07, 6.45) is -0.749. The molecule has 0 atom stereocenters. The summed E-state index contributed by atoms with van der Waals surface area (Å²) in [7, 11) is 1.47. The lowest BCUT2D eigenvalue weighted by Crippen LogP contribution is -2.41. The van der Waals surface area contributed by atoms with E-state index in [4.69, 9.17) is 9.47 Å². The standard InChI is InChI=1S/C20H18N2O4/c1-25-18-9-5-4-8-17(18)19(23)21-22-20(24)26-13-14-10-11-15-6-2-3-7-16(15)12-14/h2-12H,13H2,1H3,(H,21,23)(H,22,24). The predicted molar refractivity (Wildman–Crippen MR) is 97.7 cm³/mol. The van der Waals surface area contributed by atoms with Gasteiger partial charge < -0.3 is 9.47 Å². The molecule has 2 amide bonds. The monoisotopic (exact) mass is 350 g/mol. The Morgan fingerprint density at radius 3 is 2.42 bits per heavy atom. The van der Waals surface area contributed by atoms with Crippen LogP contribution in [0.15, 0.2) is 66.7 Å². The zero-order valence-corrected chi connectivity index (χ0v) is 14.2. The number of amides is 2. The number of hydrazine groups is 1. The molecular formula is C20H18N2O4. The average molecular weight is 350 g/mol. The maximum absolute atomic E-state index is 12.1.